The predicted molar refractivity (Wildman–Crippen MR) is 74.1 cm³/mol. The van der Waals surface area contributed by atoms with Crippen molar-refractivity contribution in [2.45, 2.75) is 38.9 Å². The zero-order valence-corrected chi connectivity index (χ0v) is 12.5. The van der Waals surface area contributed by atoms with E-state index in [9.17, 15) is 13.2 Å². The topological polar surface area (TPSA) is 38.5 Å². The van der Waals surface area contributed by atoms with E-state index >= 15 is 0 Å². The number of methoxy groups -OCH3 is 1. The number of halogens is 3. The molecule has 0 amide bonds. The maximum atomic E-state index is 12.9. The molecule has 2 N–H and O–H groups in total. The summed E-state index contributed by atoms with van der Waals surface area (Å²) in [5.41, 5.74) is 5.24. The van der Waals surface area contributed by atoms with E-state index in [0.717, 1.165) is 12.8 Å². The molecule has 0 aliphatic carbocycles. The van der Waals surface area contributed by atoms with Crippen LogP contribution in [0.15, 0.2) is 0 Å². The molecule has 0 radical (unpaired) electrons. The van der Waals surface area contributed by atoms with Crippen LogP contribution in [0.2, 0.25) is 0 Å². The molecule has 0 aromatic rings. The second-order valence-corrected chi connectivity index (χ2v) is 4.93. The summed E-state index contributed by atoms with van der Waals surface area (Å²) < 4.78 is 43.6. The van der Waals surface area contributed by atoms with Crippen molar-refractivity contribution < 1.29 is 17.9 Å². The van der Waals surface area contributed by atoms with Crippen molar-refractivity contribution in [3.05, 3.63) is 0 Å². The van der Waals surface area contributed by atoms with Crippen molar-refractivity contribution in [3.63, 3.8) is 0 Å². The average Bonchev–Trinajstić information content (AvgIpc) is 2.30. The van der Waals surface area contributed by atoms with Crippen LogP contribution in [0.5, 0.6) is 0 Å². The van der Waals surface area contributed by atoms with E-state index < -0.39 is 17.1 Å². The number of ether oxygens (including phenoxy) is 1. The van der Waals surface area contributed by atoms with E-state index in [-0.39, 0.29) is 12.6 Å². The van der Waals surface area contributed by atoms with E-state index in [4.69, 9.17) is 10.5 Å². The summed E-state index contributed by atoms with van der Waals surface area (Å²) in [6.07, 6.45) is -2.84. The highest BCUT2D eigenvalue weighted by molar-refractivity contribution is 7.80. The molecule has 0 bridgehead atoms. The highest BCUT2D eigenvalue weighted by atomic mass is 32.1. The average molecular weight is 300 g/mol. The molecule has 3 nitrogen and oxygen atoms in total. The highest BCUT2D eigenvalue weighted by Crippen LogP contribution is 2.28. The molecule has 0 fully saturated rings. The first kappa shape index (κ1) is 18.6. The van der Waals surface area contributed by atoms with Gasteiger partial charge in [0.1, 0.15) is 5.92 Å². The fraction of sp³-hybridized carbons (Fsp3) is 0.917. The summed E-state index contributed by atoms with van der Waals surface area (Å²) in [4.78, 5) is 1.27. The van der Waals surface area contributed by atoms with E-state index in [1.54, 1.807) is 4.90 Å². The molecular weight excluding hydrogens is 277 g/mol. The molecule has 0 heterocycles. The molecule has 1 atom stereocenters. The lowest BCUT2D eigenvalue weighted by Crippen LogP contribution is -2.47. The van der Waals surface area contributed by atoms with E-state index in [1.807, 2.05) is 13.8 Å². The van der Waals surface area contributed by atoms with Gasteiger partial charge in [0.2, 0.25) is 0 Å². The van der Waals surface area contributed by atoms with Gasteiger partial charge >= 0.3 is 6.18 Å². The van der Waals surface area contributed by atoms with Crippen molar-refractivity contribution in [3.8, 4) is 0 Å². The summed E-state index contributed by atoms with van der Waals surface area (Å²) in [5.74, 6) is -1.76. The minimum atomic E-state index is -4.40. The largest absolute Gasteiger partial charge is 0.399 e. The minimum Gasteiger partial charge on any atom is -0.393 e. The second kappa shape index (κ2) is 8.71. The summed E-state index contributed by atoms with van der Waals surface area (Å²) in [5, 5.41) is 0. The molecule has 7 heteroatoms. The van der Waals surface area contributed by atoms with Gasteiger partial charge in [0, 0.05) is 26.2 Å². The Hall–Kier alpha value is -0.400. The van der Waals surface area contributed by atoms with Gasteiger partial charge < -0.3 is 10.5 Å². The van der Waals surface area contributed by atoms with Gasteiger partial charge in [-0.05, 0) is 12.8 Å². The number of rotatable bonds is 9. The number of alkyl halides is 3. The molecule has 0 aromatic heterocycles. The fourth-order valence-corrected chi connectivity index (χ4v) is 2.23. The third-order valence-corrected chi connectivity index (χ3v) is 3.48. The minimum absolute atomic E-state index is 0.0781. The molecule has 114 valence electrons. The Morgan fingerprint density at radius 1 is 1.32 bits per heavy atom. The molecule has 0 aliphatic heterocycles. The molecular formula is C12H23F3N2OS. The first-order valence-electron chi connectivity index (χ1n) is 6.36. The highest BCUT2D eigenvalue weighted by Gasteiger charge is 2.43. The smallest absolute Gasteiger partial charge is 0.393 e. The van der Waals surface area contributed by atoms with E-state index in [2.05, 4.69) is 12.2 Å². The molecule has 0 saturated heterocycles. The fourth-order valence-electron chi connectivity index (χ4n) is 2.03. The van der Waals surface area contributed by atoms with Gasteiger partial charge in [-0.2, -0.15) is 13.2 Å². The van der Waals surface area contributed by atoms with Crippen LogP contribution in [0.4, 0.5) is 13.2 Å². The maximum absolute atomic E-state index is 12.9. The SMILES string of the molecule is CCC(CC)N(CCOC)CC(C(N)=S)C(F)(F)F. The van der Waals surface area contributed by atoms with Crippen LogP contribution in [0, 0.1) is 5.92 Å². The Morgan fingerprint density at radius 2 is 1.84 bits per heavy atom. The summed E-state index contributed by atoms with van der Waals surface area (Å²) in [6, 6.07) is 0.0781. The number of nitrogens with zero attached hydrogens (tertiary/aromatic N) is 1. The monoisotopic (exact) mass is 300 g/mol. The normalized spacial score (nSPS) is 14.1. The Balaban J connectivity index is 4.89. The standard InChI is InChI=1S/C12H23F3N2OS/c1-4-9(5-2)17(6-7-18-3)8-10(11(16)19)12(13,14)15/h9-10H,4-8H2,1-3H3,(H2,16,19). The van der Waals surface area contributed by atoms with Crippen molar-refractivity contribution in [2.24, 2.45) is 11.7 Å². The summed E-state index contributed by atoms with van der Waals surface area (Å²) in [7, 11) is 1.53. The number of nitrogens with two attached hydrogens (primary N) is 1. The molecule has 0 saturated carbocycles. The third kappa shape index (κ3) is 6.54. The lowest BCUT2D eigenvalue weighted by molar-refractivity contribution is -0.161. The number of hydrogen-bond donors (Lipinski definition) is 1. The van der Waals surface area contributed by atoms with Crippen LogP contribution in [0.25, 0.3) is 0 Å². The van der Waals surface area contributed by atoms with Crippen molar-refractivity contribution in [1.82, 2.24) is 4.90 Å². The molecule has 0 aromatic carbocycles. The lowest BCUT2D eigenvalue weighted by Gasteiger charge is -2.33. The quantitative estimate of drug-likeness (QED) is 0.664. The van der Waals surface area contributed by atoms with Crippen LogP contribution < -0.4 is 5.73 Å². The predicted octanol–water partition coefficient (Wildman–Crippen LogP) is 2.59. The van der Waals surface area contributed by atoms with Gasteiger partial charge in [-0.15, -0.1) is 0 Å². The van der Waals surface area contributed by atoms with Crippen LogP contribution in [-0.4, -0.2) is 48.9 Å². The van der Waals surface area contributed by atoms with Gasteiger partial charge in [0.05, 0.1) is 11.6 Å². The third-order valence-electron chi connectivity index (χ3n) is 3.20. The molecule has 1 unspecified atom stereocenters. The van der Waals surface area contributed by atoms with Gasteiger partial charge in [-0.25, -0.2) is 0 Å². The Morgan fingerprint density at radius 3 is 2.16 bits per heavy atom. The van der Waals surface area contributed by atoms with Crippen LogP contribution in [0.3, 0.4) is 0 Å². The van der Waals surface area contributed by atoms with Crippen molar-refractivity contribution in [1.29, 1.82) is 0 Å². The maximum Gasteiger partial charge on any atom is 0.399 e. The van der Waals surface area contributed by atoms with E-state index in [0.29, 0.717) is 13.2 Å². The van der Waals surface area contributed by atoms with Crippen molar-refractivity contribution in [2.75, 3.05) is 26.8 Å². The van der Waals surface area contributed by atoms with Crippen LogP contribution in [0.1, 0.15) is 26.7 Å². The Labute approximate surface area is 118 Å². The lowest BCUT2D eigenvalue weighted by atomic mass is 10.0. The zero-order valence-electron chi connectivity index (χ0n) is 11.7. The van der Waals surface area contributed by atoms with Crippen molar-refractivity contribution >= 4 is 17.2 Å². The van der Waals surface area contributed by atoms with Crippen LogP contribution in [-0.2, 0) is 4.74 Å². The molecule has 0 aliphatic rings. The Bertz CT molecular complexity index is 270. The van der Waals surface area contributed by atoms with Gasteiger partial charge in [0.25, 0.3) is 0 Å². The zero-order chi connectivity index (χ0) is 15.1. The van der Waals surface area contributed by atoms with Gasteiger partial charge in [-0.1, -0.05) is 26.1 Å². The van der Waals surface area contributed by atoms with Gasteiger partial charge in [0.15, 0.2) is 0 Å². The molecule has 0 spiro atoms. The molecule has 0 rings (SSSR count). The van der Waals surface area contributed by atoms with Crippen LogP contribution >= 0.6 is 12.2 Å². The summed E-state index contributed by atoms with van der Waals surface area (Å²) >= 11 is 4.55. The molecule has 19 heavy (non-hydrogen) atoms. The number of thiocarbonyl (C=S) groups is 1. The van der Waals surface area contributed by atoms with E-state index in [1.165, 1.54) is 7.11 Å². The number of hydrogen-bond acceptors (Lipinski definition) is 3. The first-order valence-corrected chi connectivity index (χ1v) is 6.77. The first-order chi connectivity index (χ1) is 8.77. The Kier molecular flexibility index (Phi) is 8.52. The van der Waals surface area contributed by atoms with Gasteiger partial charge in [-0.3, -0.25) is 4.90 Å². The summed E-state index contributed by atoms with van der Waals surface area (Å²) in [6.45, 7) is 4.54. The second-order valence-electron chi connectivity index (χ2n) is 4.45.